The van der Waals surface area contributed by atoms with Crippen LogP contribution in [0.5, 0.6) is 0 Å². The first-order chi connectivity index (χ1) is 10.7. The minimum Gasteiger partial charge on any atom is -0.366 e. The highest BCUT2D eigenvalue weighted by Gasteiger charge is 2.03. The van der Waals surface area contributed by atoms with E-state index in [1.807, 2.05) is 24.4 Å². The summed E-state index contributed by atoms with van der Waals surface area (Å²) >= 11 is 1.67. The highest BCUT2D eigenvalue weighted by Crippen LogP contribution is 2.07. The first-order valence-electron chi connectivity index (χ1n) is 7.11. The lowest BCUT2D eigenvalue weighted by Crippen LogP contribution is -2.36. The van der Waals surface area contributed by atoms with Crippen molar-refractivity contribution in [3.05, 3.63) is 57.8 Å². The number of amides is 1. The van der Waals surface area contributed by atoms with Crippen LogP contribution in [0.15, 0.2) is 46.1 Å². The Bertz CT molecular complexity index is 643. The number of nitrogens with one attached hydrogen (secondary N) is 2. The Balaban J connectivity index is 0.00000264. The van der Waals surface area contributed by atoms with Gasteiger partial charge in [-0.05, 0) is 47.0 Å². The van der Waals surface area contributed by atoms with Gasteiger partial charge in [0.15, 0.2) is 5.96 Å². The van der Waals surface area contributed by atoms with Crippen molar-refractivity contribution in [3.63, 3.8) is 0 Å². The fraction of sp³-hybridized carbons (Fsp3) is 0.250. The quantitative estimate of drug-likeness (QED) is 0.364. The summed E-state index contributed by atoms with van der Waals surface area (Å²) in [5.41, 5.74) is 7.98. The number of hydrogen-bond donors (Lipinski definition) is 3. The van der Waals surface area contributed by atoms with Crippen molar-refractivity contribution >= 4 is 47.2 Å². The standard InChI is InChI=1S/C16H20N4OS.HI/c1-2-18-16(20-10-13-6-7-22-11-13)19-9-12-4-3-5-14(8-12)15(17)21;/h3-8,11H,2,9-10H2,1H3,(H2,17,21)(H2,18,19,20);1H. The Hall–Kier alpha value is -1.61. The second kappa shape index (κ2) is 10.2. The predicted molar refractivity (Wildman–Crippen MR) is 106 cm³/mol. The van der Waals surface area contributed by atoms with Crippen molar-refractivity contribution in [2.24, 2.45) is 10.7 Å². The van der Waals surface area contributed by atoms with E-state index in [1.54, 1.807) is 23.5 Å². The lowest BCUT2D eigenvalue weighted by molar-refractivity contribution is 0.1000. The number of carbonyl (C=O) groups excluding carboxylic acids is 1. The topological polar surface area (TPSA) is 79.5 Å². The zero-order valence-electron chi connectivity index (χ0n) is 12.9. The van der Waals surface area contributed by atoms with E-state index in [0.29, 0.717) is 18.7 Å². The van der Waals surface area contributed by atoms with Crippen LogP contribution in [0.4, 0.5) is 0 Å². The molecule has 124 valence electrons. The number of hydrogen-bond acceptors (Lipinski definition) is 3. The molecule has 0 aliphatic rings. The normalized spacial score (nSPS) is 10.7. The van der Waals surface area contributed by atoms with E-state index < -0.39 is 5.91 Å². The van der Waals surface area contributed by atoms with Gasteiger partial charge in [0.05, 0.1) is 6.54 Å². The molecule has 0 unspecified atom stereocenters. The molecule has 1 aromatic carbocycles. The third-order valence-corrected chi connectivity index (χ3v) is 3.75. The van der Waals surface area contributed by atoms with Crippen LogP contribution >= 0.6 is 35.3 Å². The van der Waals surface area contributed by atoms with E-state index in [2.05, 4.69) is 27.1 Å². The Morgan fingerprint density at radius 2 is 2.09 bits per heavy atom. The summed E-state index contributed by atoms with van der Waals surface area (Å²) in [5.74, 6) is 0.332. The number of benzene rings is 1. The van der Waals surface area contributed by atoms with Crippen LogP contribution in [0, 0.1) is 0 Å². The molecule has 2 rings (SSSR count). The molecule has 1 aromatic heterocycles. The summed E-state index contributed by atoms with van der Waals surface area (Å²) < 4.78 is 0. The molecular formula is C16H21IN4OS. The smallest absolute Gasteiger partial charge is 0.248 e. The predicted octanol–water partition coefficient (Wildman–Crippen LogP) is 2.72. The average molecular weight is 444 g/mol. The van der Waals surface area contributed by atoms with Gasteiger partial charge < -0.3 is 16.4 Å². The van der Waals surface area contributed by atoms with Crippen LogP contribution in [0.25, 0.3) is 0 Å². The van der Waals surface area contributed by atoms with Gasteiger partial charge in [-0.2, -0.15) is 11.3 Å². The number of nitrogens with two attached hydrogens (primary N) is 1. The van der Waals surface area contributed by atoms with Gasteiger partial charge in [-0.25, -0.2) is 4.99 Å². The van der Waals surface area contributed by atoms with Crippen LogP contribution < -0.4 is 16.4 Å². The average Bonchev–Trinajstić information content (AvgIpc) is 3.03. The van der Waals surface area contributed by atoms with E-state index in [0.717, 1.165) is 18.1 Å². The van der Waals surface area contributed by atoms with Gasteiger partial charge in [-0.3, -0.25) is 4.79 Å². The van der Waals surface area contributed by atoms with Crippen molar-refractivity contribution in [1.29, 1.82) is 0 Å². The summed E-state index contributed by atoms with van der Waals surface area (Å²) in [6, 6.07) is 9.34. The molecule has 4 N–H and O–H groups in total. The molecule has 2 aromatic rings. The van der Waals surface area contributed by atoms with E-state index in [-0.39, 0.29) is 24.0 Å². The highest BCUT2D eigenvalue weighted by molar-refractivity contribution is 14.0. The maximum atomic E-state index is 11.2. The molecule has 0 fully saturated rings. The number of nitrogens with zero attached hydrogens (tertiary/aromatic N) is 1. The minimum atomic E-state index is -0.417. The second-order valence-electron chi connectivity index (χ2n) is 4.74. The maximum absolute atomic E-state index is 11.2. The molecule has 0 saturated heterocycles. The fourth-order valence-corrected chi connectivity index (χ4v) is 2.57. The molecular weight excluding hydrogens is 423 g/mol. The van der Waals surface area contributed by atoms with Crippen LogP contribution in [0.3, 0.4) is 0 Å². The van der Waals surface area contributed by atoms with E-state index in [4.69, 9.17) is 5.73 Å². The highest BCUT2D eigenvalue weighted by atomic mass is 127. The van der Waals surface area contributed by atoms with Crippen LogP contribution in [-0.4, -0.2) is 18.4 Å². The molecule has 0 saturated carbocycles. The Kier molecular flexibility index (Phi) is 8.64. The van der Waals surface area contributed by atoms with Gasteiger partial charge >= 0.3 is 0 Å². The van der Waals surface area contributed by atoms with E-state index in [9.17, 15) is 4.79 Å². The fourth-order valence-electron chi connectivity index (χ4n) is 1.92. The monoisotopic (exact) mass is 444 g/mol. The van der Waals surface area contributed by atoms with Crippen molar-refractivity contribution in [2.75, 3.05) is 6.54 Å². The summed E-state index contributed by atoms with van der Waals surface area (Å²) in [7, 11) is 0. The number of primary amides is 1. The molecule has 0 aliphatic carbocycles. The zero-order valence-corrected chi connectivity index (χ0v) is 16.1. The Morgan fingerprint density at radius 1 is 1.26 bits per heavy atom. The SMILES string of the molecule is CCNC(=NCc1ccsc1)NCc1cccc(C(N)=O)c1.I. The number of aliphatic imine (C=N–C) groups is 1. The van der Waals surface area contributed by atoms with Crippen molar-refractivity contribution < 1.29 is 4.79 Å². The summed E-state index contributed by atoms with van der Waals surface area (Å²) in [4.78, 5) is 15.7. The van der Waals surface area contributed by atoms with Crippen LogP contribution in [0.1, 0.15) is 28.4 Å². The van der Waals surface area contributed by atoms with Crippen molar-refractivity contribution in [2.45, 2.75) is 20.0 Å². The minimum absolute atomic E-state index is 0. The van der Waals surface area contributed by atoms with E-state index >= 15 is 0 Å². The van der Waals surface area contributed by atoms with Crippen LogP contribution in [-0.2, 0) is 13.1 Å². The molecule has 5 nitrogen and oxygen atoms in total. The third kappa shape index (κ3) is 6.57. The lowest BCUT2D eigenvalue weighted by Gasteiger charge is -2.11. The molecule has 0 atom stereocenters. The molecule has 7 heteroatoms. The van der Waals surface area contributed by atoms with Crippen molar-refractivity contribution in [1.82, 2.24) is 10.6 Å². The Morgan fingerprint density at radius 3 is 2.74 bits per heavy atom. The van der Waals surface area contributed by atoms with Crippen molar-refractivity contribution in [3.8, 4) is 0 Å². The Labute approximate surface area is 157 Å². The maximum Gasteiger partial charge on any atom is 0.248 e. The first-order valence-corrected chi connectivity index (χ1v) is 8.05. The summed E-state index contributed by atoms with van der Waals surface area (Å²) in [6.07, 6.45) is 0. The third-order valence-electron chi connectivity index (χ3n) is 3.02. The molecule has 0 aliphatic heterocycles. The van der Waals surface area contributed by atoms with Gasteiger partial charge in [0.2, 0.25) is 5.91 Å². The van der Waals surface area contributed by atoms with Gasteiger partial charge in [0, 0.05) is 18.7 Å². The van der Waals surface area contributed by atoms with Gasteiger partial charge in [-0.1, -0.05) is 12.1 Å². The summed E-state index contributed by atoms with van der Waals surface area (Å²) in [5, 5.41) is 10.6. The van der Waals surface area contributed by atoms with E-state index in [1.165, 1.54) is 5.56 Å². The molecule has 23 heavy (non-hydrogen) atoms. The number of thiophene rings is 1. The van der Waals surface area contributed by atoms with Gasteiger partial charge in [0.1, 0.15) is 0 Å². The molecule has 0 bridgehead atoms. The zero-order chi connectivity index (χ0) is 15.8. The van der Waals surface area contributed by atoms with Gasteiger partial charge in [0.25, 0.3) is 0 Å². The summed E-state index contributed by atoms with van der Waals surface area (Å²) in [6.45, 7) is 4.03. The first kappa shape index (κ1) is 19.4. The molecule has 0 radical (unpaired) electrons. The van der Waals surface area contributed by atoms with Gasteiger partial charge in [-0.15, -0.1) is 24.0 Å². The largest absolute Gasteiger partial charge is 0.366 e. The molecule has 0 spiro atoms. The molecule has 1 amide bonds. The lowest BCUT2D eigenvalue weighted by atomic mass is 10.1. The molecule has 1 heterocycles. The number of guanidine groups is 1. The number of halogens is 1. The number of rotatable bonds is 6. The second-order valence-corrected chi connectivity index (χ2v) is 5.52. The van der Waals surface area contributed by atoms with Crippen LogP contribution in [0.2, 0.25) is 0 Å². The number of carbonyl (C=O) groups is 1.